The average Bonchev–Trinajstić information content (AvgIpc) is 2.96. The number of esters is 1. The van der Waals surface area contributed by atoms with Crippen molar-refractivity contribution < 1.29 is 14.4 Å². The maximum Gasteiger partial charge on any atom is 0.330 e. The topological polar surface area (TPSA) is 112 Å². The third-order valence-electron chi connectivity index (χ3n) is 2.46. The van der Waals surface area contributed by atoms with Crippen LogP contribution in [-0.4, -0.2) is 37.4 Å². The van der Waals surface area contributed by atoms with E-state index < -0.39 is 12.0 Å². The van der Waals surface area contributed by atoms with E-state index in [0.29, 0.717) is 5.69 Å². The van der Waals surface area contributed by atoms with Crippen LogP contribution in [0.2, 0.25) is 0 Å². The number of anilines is 2. The van der Waals surface area contributed by atoms with E-state index >= 15 is 0 Å². The Balaban J connectivity index is 2.20. The minimum absolute atomic E-state index is 0.266. The van der Waals surface area contributed by atoms with Crippen molar-refractivity contribution in [3.05, 3.63) is 17.8 Å². The summed E-state index contributed by atoms with van der Waals surface area (Å²) in [6.45, 7) is 0. The number of carbonyl (C=O) groups excluding carboxylic acids is 1. The lowest BCUT2D eigenvalue weighted by molar-refractivity contribution is -0.140. The van der Waals surface area contributed by atoms with Gasteiger partial charge in [0.15, 0.2) is 11.9 Å². The molecule has 0 saturated carbocycles. The molecule has 0 saturated heterocycles. The van der Waals surface area contributed by atoms with E-state index in [-0.39, 0.29) is 11.4 Å². The van der Waals surface area contributed by atoms with Gasteiger partial charge in [0.25, 0.3) is 0 Å². The number of ether oxygens (including phenoxy) is 1. The molecule has 1 atom stereocenters. The number of methoxy groups -OCH3 is 1. The van der Waals surface area contributed by atoms with Crippen molar-refractivity contribution in [1.29, 1.82) is 5.26 Å². The summed E-state index contributed by atoms with van der Waals surface area (Å²) in [5, 5.41) is 14.4. The molecule has 2 N–H and O–H groups in total. The Labute approximate surface area is 114 Å². The number of hydrogen-bond acceptors (Lipinski definition) is 9. The second-order valence-corrected chi connectivity index (χ2v) is 3.72. The summed E-state index contributed by atoms with van der Waals surface area (Å²) in [4.78, 5) is 20.2. The number of hydrogen-bond donors (Lipinski definition) is 2. The molecular formula is C11H12N6O3. The number of nitriles is 1. The SMILES string of the molecule is CONc1cnc(N2N=CC(C(=O)OC)N2)c(C#N)c1. The number of aromatic nitrogens is 1. The van der Waals surface area contributed by atoms with Crippen LogP contribution in [0.3, 0.4) is 0 Å². The zero-order valence-electron chi connectivity index (χ0n) is 10.8. The Bertz CT molecular complexity index is 582. The van der Waals surface area contributed by atoms with Crippen LogP contribution in [-0.2, 0) is 14.4 Å². The Morgan fingerprint density at radius 1 is 1.60 bits per heavy atom. The fourth-order valence-corrected chi connectivity index (χ4v) is 1.57. The Kier molecular flexibility index (Phi) is 4.09. The highest BCUT2D eigenvalue weighted by Crippen LogP contribution is 2.21. The smallest absolute Gasteiger partial charge is 0.330 e. The Hall–Kier alpha value is -2.70. The van der Waals surface area contributed by atoms with Crippen molar-refractivity contribution in [3.8, 4) is 6.07 Å². The van der Waals surface area contributed by atoms with E-state index in [9.17, 15) is 4.79 Å². The van der Waals surface area contributed by atoms with Crippen molar-refractivity contribution in [3.63, 3.8) is 0 Å². The van der Waals surface area contributed by atoms with Gasteiger partial charge in [-0.15, -0.1) is 0 Å². The van der Waals surface area contributed by atoms with Gasteiger partial charge in [0.2, 0.25) is 0 Å². The van der Waals surface area contributed by atoms with Gasteiger partial charge >= 0.3 is 5.97 Å². The standard InChI is InChI=1S/C11H12N6O3/c1-19-11(18)9-6-14-17(15-9)10-7(4-12)3-8(5-13-10)16-20-2/h3,5-6,9,15-16H,1-2H3. The molecule has 1 aliphatic heterocycles. The summed E-state index contributed by atoms with van der Waals surface area (Å²) < 4.78 is 4.59. The molecule has 1 aromatic heterocycles. The molecule has 9 nitrogen and oxygen atoms in total. The van der Waals surface area contributed by atoms with Crippen LogP contribution in [0, 0.1) is 11.3 Å². The van der Waals surface area contributed by atoms with Gasteiger partial charge in [0, 0.05) is 0 Å². The third-order valence-corrected chi connectivity index (χ3v) is 2.46. The molecule has 2 rings (SSSR count). The fraction of sp³-hybridized carbons (Fsp3) is 0.273. The predicted molar refractivity (Wildman–Crippen MR) is 69.5 cm³/mol. The normalized spacial score (nSPS) is 16.9. The molecule has 1 unspecified atom stereocenters. The largest absolute Gasteiger partial charge is 0.468 e. The van der Waals surface area contributed by atoms with Crippen LogP contribution in [0.1, 0.15) is 5.56 Å². The molecule has 0 spiro atoms. The molecule has 0 radical (unpaired) electrons. The minimum Gasteiger partial charge on any atom is -0.468 e. The number of hydrazone groups is 1. The molecule has 0 amide bonds. The first-order valence-electron chi connectivity index (χ1n) is 5.57. The number of nitrogens with one attached hydrogen (secondary N) is 2. The zero-order chi connectivity index (χ0) is 14.5. The molecule has 104 valence electrons. The predicted octanol–water partition coefficient (Wildman–Crippen LogP) is -0.221. The zero-order valence-corrected chi connectivity index (χ0v) is 10.8. The van der Waals surface area contributed by atoms with Crippen LogP contribution >= 0.6 is 0 Å². The second-order valence-electron chi connectivity index (χ2n) is 3.72. The van der Waals surface area contributed by atoms with E-state index in [4.69, 9.17) is 10.1 Å². The number of nitrogens with zero attached hydrogens (tertiary/aromatic N) is 4. The third kappa shape index (κ3) is 2.66. The van der Waals surface area contributed by atoms with Gasteiger partial charge in [0.05, 0.1) is 32.3 Å². The van der Waals surface area contributed by atoms with Crippen molar-refractivity contribution in [1.82, 2.24) is 10.4 Å². The summed E-state index contributed by atoms with van der Waals surface area (Å²) in [5.74, 6) is -0.204. The molecule has 0 bridgehead atoms. The summed E-state index contributed by atoms with van der Waals surface area (Å²) in [6.07, 6.45) is 2.85. The molecule has 1 aromatic rings. The molecule has 1 aliphatic rings. The first-order chi connectivity index (χ1) is 9.69. The lowest BCUT2D eigenvalue weighted by atomic mass is 10.2. The average molecular weight is 276 g/mol. The molecule has 9 heteroatoms. The van der Waals surface area contributed by atoms with Gasteiger partial charge < -0.3 is 4.74 Å². The van der Waals surface area contributed by atoms with Crippen LogP contribution in [0.4, 0.5) is 11.5 Å². The van der Waals surface area contributed by atoms with Crippen LogP contribution < -0.4 is 16.0 Å². The summed E-state index contributed by atoms with van der Waals surface area (Å²) >= 11 is 0. The highest BCUT2D eigenvalue weighted by Gasteiger charge is 2.27. The maximum atomic E-state index is 11.4. The van der Waals surface area contributed by atoms with Gasteiger partial charge in [-0.3, -0.25) is 10.3 Å². The molecule has 0 aromatic carbocycles. The molecular weight excluding hydrogens is 264 g/mol. The van der Waals surface area contributed by atoms with Gasteiger partial charge in [-0.2, -0.15) is 20.9 Å². The van der Waals surface area contributed by atoms with E-state index in [1.165, 1.54) is 31.7 Å². The minimum atomic E-state index is -0.704. The molecule has 2 heterocycles. The Morgan fingerprint density at radius 3 is 3.05 bits per heavy atom. The summed E-state index contributed by atoms with van der Waals surface area (Å²) in [7, 11) is 2.73. The van der Waals surface area contributed by atoms with Crippen LogP contribution in [0.15, 0.2) is 17.4 Å². The number of rotatable bonds is 4. The van der Waals surface area contributed by atoms with Crippen molar-refractivity contribution in [2.75, 3.05) is 24.8 Å². The van der Waals surface area contributed by atoms with Crippen molar-refractivity contribution >= 4 is 23.7 Å². The van der Waals surface area contributed by atoms with Gasteiger partial charge in [-0.25, -0.2) is 9.78 Å². The van der Waals surface area contributed by atoms with E-state index in [0.717, 1.165) is 0 Å². The molecule has 20 heavy (non-hydrogen) atoms. The molecule has 0 fully saturated rings. The highest BCUT2D eigenvalue weighted by molar-refractivity contribution is 5.96. The lowest BCUT2D eigenvalue weighted by Gasteiger charge is -2.16. The van der Waals surface area contributed by atoms with E-state index in [1.807, 2.05) is 6.07 Å². The lowest BCUT2D eigenvalue weighted by Crippen LogP contribution is -2.42. The van der Waals surface area contributed by atoms with Crippen molar-refractivity contribution in [2.24, 2.45) is 5.10 Å². The summed E-state index contributed by atoms with van der Waals surface area (Å²) in [5.41, 5.74) is 6.12. The van der Waals surface area contributed by atoms with Crippen LogP contribution in [0.5, 0.6) is 0 Å². The molecule has 0 aliphatic carbocycles. The van der Waals surface area contributed by atoms with E-state index in [1.54, 1.807) is 6.07 Å². The highest BCUT2D eigenvalue weighted by atomic mass is 16.6. The van der Waals surface area contributed by atoms with Crippen molar-refractivity contribution in [2.45, 2.75) is 6.04 Å². The van der Waals surface area contributed by atoms with Gasteiger partial charge in [-0.05, 0) is 6.07 Å². The Morgan fingerprint density at radius 2 is 2.40 bits per heavy atom. The second kappa shape index (κ2) is 5.96. The summed E-state index contributed by atoms with van der Waals surface area (Å²) in [6, 6.07) is 2.85. The van der Waals surface area contributed by atoms with Gasteiger partial charge in [0.1, 0.15) is 11.6 Å². The number of pyridine rings is 1. The van der Waals surface area contributed by atoms with Gasteiger partial charge in [-0.1, -0.05) is 0 Å². The fourth-order valence-electron chi connectivity index (χ4n) is 1.57. The maximum absolute atomic E-state index is 11.4. The van der Waals surface area contributed by atoms with E-state index in [2.05, 4.69) is 25.7 Å². The number of hydrazine groups is 1. The number of carbonyl (C=O) groups is 1. The first kappa shape index (κ1) is 13.7. The monoisotopic (exact) mass is 276 g/mol. The quantitative estimate of drug-likeness (QED) is 0.573. The van der Waals surface area contributed by atoms with Crippen LogP contribution in [0.25, 0.3) is 0 Å². The first-order valence-corrected chi connectivity index (χ1v) is 5.57.